The molecule has 3 aromatic rings. The van der Waals surface area contributed by atoms with E-state index in [9.17, 15) is 8.42 Å². The molecule has 0 atom stereocenters. The van der Waals surface area contributed by atoms with E-state index in [1.165, 1.54) is 0 Å². The number of hydrogen-bond donors (Lipinski definition) is 1. The van der Waals surface area contributed by atoms with Crippen LogP contribution >= 0.6 is 0 Å². The van der Waals surface area contributed by atoms with Gasteiger partial charge in [-0.2, -0.15) is 4.98 Å². The minimum Gasteiger partial charge on any atom is -0.428 e. The molecule has 6 heteroatoms. The molecule has 3 rings (SSSR count). The Morgan fingerprint density at radius 1 is 1.14 bits per heavy atom. The molecule has 2 N–H and O–H groups in total. The molecule has 1 aromatic heterocycles. The highest BCUT2D eigenvalue weighted by Gasteiger charge is 2.22. The molecule has 2 aromatic carbocycles. The van der Waals surface area contributed by atoms with Gasteiger partial charge in [0.2, 0.25) is 9.84 Å². The van der Waals surface area contributed by atoms with E-state index in [4.69, 9.17) is 10.2 Å². The van der Waals surface area contributed by atoms with Gasteiger partial charge < -0.3 is 10.2 Å². The van der Waals surface area contributed by atoms with E-state index in [1.54, 1.807) is 30.3 Å². The summed E-state index contributed by atoms with van der Waals surface area (Å²) in [4.78, 5) is 4.03. The third-order valence-electron chi connectivity index (χ3n) is 3.14. The third kappa shape index (κ3) is 2.75. The van der Waals surface area contributed by atoms with Gasteiger partial charge in [0.05, 0.1) is 5.75 Å². The standard InChI is InChI=1S/C15H14N2O3S/c1-10-2-4-11(5-3-10)9-21(18,19)15-17-13-7-6-12(16)8-14(13)20-15/h2-8H,9,16H2,1H3. The summed E-state index contributed by atoms with van der Waals surface area (Å²) in [6, 6.07) is 12.2. The lowest BCUT2D eigenvalue weighted by Gasteiger charge is -2.01. The zero-order valence-corrected chi connectivity index (χ0v) is 12.2. The topological polar surface area (TPSA) is 86.2 Å². The summed E-state index contributed by atoms with van der Waals surface area (Å²) in [5.41, 5.74) is 8.77. The van der Waals surface area contributed by atoms with Gasteiger partial charge in [0.25, 0.3) is 0 Å². The molecule has 21 heavy (non-hydrogen) atoms. The van der Waals surface area contributed by atoms with Gasteiger partial charge in [-0.25, -0.2) is 8.42 Å². The maximum absolute atomic E-state index is 12.4. The average Bonchev–Trinajstić information content (AvgIpc) is 2.85. The Balaban J connectivity index is 1.97. The van der Waals surface area contributed by atoms with Crippen LogP contribution in [-0.4, -0.2) is 13.4 Å². The summed E-state index contributed by atoms with van der Waals surface area (Å²) in [5.74, 6) is -0.143. The number of nitrogens with two attached hydrogens (primary N) is 1. The van der Waals surface area contributed by atoms with Crippen LogP contribution in [-0.2, 0) is 15.6 Å². The Bertz CT molecular complexity index is 896. The van der Waals surface area contributed by atoms with Crippen molar-refractivity contribution in [2.24, 2.45) is 0 Å². The zero-order valence-electron chi connectivity index (χ0n) is 11.4. The van der Waals surface area contributed by atoms with Crippen molar-refractivity contribution in [3.63, 3.8) is 0 Å². The van der Waals surface area contributed by atoms with Gasteiger partial charge >= 0.3 is 5.22 Å². The highest BCUT2D eigenvalue weighted by atomic mass is 32.2. The molecule has 0 amide bonds. The fourth-order valence-corrected chi connectivity index (χ4v) is 3.23. The molecule has 0 aliphatic heterocycles. The Kier molecular flexibility index (Phi) is 3.17. The summed E-state index contributed by atoms with van der Waals surface area (Å²) in [5, 5.41) is -0.274. The van der Waals surface area contributed by atoms with Crippen molar-refractivity contribution in [3.05, 3.63) is 53.6 Å². The number of aromatic nitrogens is 1. The van der Waals surface area contributed by atoms with E-state index in [0.29, 0.717) is 22.4 Å². The first-order chi connectivity index (χ1) is 9.94. The minimum atomic E-state index is -3.62. The van der Waals surface area contributed by atoms with Crippen molar-refractivity contribution >= 4 is 26.6 Å². The molecule has 0 saturated heterocycles. The first-order valence-corrected chi connectivity index (χ1v) is 8.04. The maximum atomic E-state index is 12.4. The Morgan fingerprint density at radius 3 is 2.57 bits per heavy atom. The first-order valence-electron chi connectivity index (χ1n) is 6.38. The predicted octanol–water partition coefficient (Wildman–Crippen LogP) is 2.69. The van der Waals surface area contributed by atoms with Crippen LogP contribution in [0.5, 0.6) is 0 Å². The van der Waals surface area contributed by atoms with E-state index in [1.807, 2.05) is 19.1 Å². The van der Waals surface area contributed by atoms with Gasteiger partial charge in [-0.1, -0.05) is 29.8 Å². The molecular weight excluding hydrogens is 288 g/mol. The number of aryl methyl sites for hydroxylation is 1. The summed E-state index contributed by atoms with van der Waals surface area (Å²) >= 11 is 0. The van der Waals surface area contributed by atoms with Crippen LogP contribution in [0.3, 0.4) is 0 Å². The normalized spacial score (nSPS) is 11.9. The first kappa shape index (κ1) is 13.6. The molecule has 0 bridgehead atoms. The van der Waals surface area contributed by atoms with E-state index < -0.39 is 9.84 Å². The average molecular weight is 302 g/mol. The summed E-state index contributed by atoms with van der Waals surface area (Å²) in [7, 11) is -3.62. The lowest BCUT2D eigenvalue weighted by molar-refractivity contribution is 0.458. The number of hydrogen-bond acceptors (Lipinski definition) is 5. The van der Waals surface area contributed by atoms with Gasteiger partial charge in [-0.15, -0.1) is 0 Å². The fraction of sp³-hybridized carbons (Fsp3) is 0.133. The molecule has 0 aliphatic carbocycles. The largest absolute Gasteiger partial charge is 0.428 e. The fourth-order valence-electron chi connectivity index (χ4n) is 2.02. The highest BCUT2D eigenvalue weighted by molar-refractivity contribution is 7.90. The second-order valence-corrected chi connectivity index (χ2v) is 6.82. The van der Waals surface area contributed by atoms with Gasteiger partial charge in [0, 0.05) is 11.8 Å². The van der Waals surface area contributed by atoms with Crippen molar-refractivity contribution in [2.45, 2.75) is 17.9 Å². The van der Waals surface area contributed by atoms with Crippen LogP contribution in [0.1, 0.15) is 11.1 Å². The number of fused-ring (bicyclic) bond motifs is 1. The molecular formula is C15H14N2O3S. The van der Waals surface area contributed by atoms with E-state index in [2.05, 4.69) is 4.98 Å². The Hall–Kier alpha value is -2.34. The number of anilines is 1. The molecule has 0 saturated carbocycles. The van der Waals surface area contributed by atoms with Gasteiger partial charge in [0.1, 0.15) is 5.52 Å². The SMILES string of the molecule is Cc1ccc(CS(=O)(=O)c2nc3ccc(N)cc3o2)cc1. The van der Waals surface area contributed by atoms with Gasteiger partial charge in [-0.3, -0.25) is 0 Å². The van der Waals surface area contributed by atoms with Crippen LogP contribution < -0.4 is 5.73 Å². The molecule has 0 spiro atoms. The predicted molar refractivity (Wildman–Crippen MR) is 80.5 cm³/mol. The third-order valence-corrected chi connectivity index (χ3v) is 4.56. The Morgan fingerprint density at radius 2 is 1.86 bits per heavy atom. The van der Waals surface area contributed by atoms with E-state index in [0.717, 1.165) is 5.56 Å². The van der Waals surface area contributed by atoms with Crippen LogP contribution in [0.4, 0.5) is 5.69 Å². The smallest absolute Gasteiger partial charge is 0.316 e. The minimum absolute atomic E-state index is 0.143. The number of oxazole rings is 1. The molecule has 0 unspecified atom stereocenters. The van der Waals surface area contributed by atoms with Crippen molar-refractivity contribution < 1.29 is 12.8 Å². The van der Waals surface area contributed by atoms with Crippen LogP contribution in [0, 0.1) is 6.92 Å². The Labute approximate surface area is 122 Å². The van der Waals surface area contributed by atoms with Crippen LogP contribution in [0.25, 0.3) is 11.1 Å². The van der Waals surface area contributed by atoms with Crippen molar-refractivity contribution in [1.29, 1.82) is 0 Å². The lowest BCUT2D eigenvalue weighted by atomic mass is 10.2. The molecule has 5 nitrogen and oxygen atoms in total. The summed E-state index contributed by atoms with van der Waals surface area (Å²) in [6.07, 6.45) is 0. The molecule has 1 heterocycles. The molecule has 0 fully saturated rings. The second-order valence-electron chi connectivity index (χ2n) is 4.95. The van der Waals surface area contributed by atoms with E-state index in [-0.39, 0.29) is 11.0 Å². The van der Waals surface area contributed by atoms with Crippen molar-refractivity contribution in [3.8, 4) is 0 Å². The van der Waals surface area contributed by atoms with Crippen LogP contribution in [0.15, 0.2) is 52.1 Å². The maximum Gasteiger partial charge on any atom is 0.316 e. The number of nitrogen functional groups attached to an aromatic ring is 1. The number of benzene rings is 2. The molecule has 0 aliphatic rings. The highest BCUT2D eigenvalue weighted by Crippen LogP contribution is 2.23. The second kappa shape index (κ2) is 4.89. The van der Waals surface area contributed by atoms with Gasteiger partial charge in [-0.05, 0) is 24.6 Å². The van der Waals surface area contributed by atoms with Crippen LogP contribution in [0.2, 0.25) is 0 Å². The van der Waals surface area contributed by atoms with E-state index >= 15 is 0 Å². The monoisotopic (exact) mass is 302 g/mol. The van der Waals surface area contributed by atoms with Crippen molar-refractivity contribution in [2.75, 3.05) is 5.73 Å². The zero-order chi connectivity index (χ0) is 15.0. The lowest BCUT2D eigenvalue weighted by Crippen LogP contribution is -2.05. The van der Waals surface area contributed by atoms with Crippen molar-refractivity contribution in [1.82, 2.24) is 4.98 Å². The number of sulfone groups is 1. The quantitative estimate of drug-likeness (QED) is 0.752. The molecule has 0 radical (unpaired) electrons. The summed E-state index contributed by atoms with van der Waals surface area (Å²) in [6.45, 7) is 1.95. The summed E-state index contributed by atoms with van der Waals surface area (Å²) < 4.78 is 30.0. The molecule has 108 valence electrons. The number of rotatable bonds is 3. The number of nitrogens with zero attached hydrogens (tertiary/aromatic N) is 1. The van der Waals surface area contributed by atoms with Gasteiger partial charge in [0.15, 0.2) is 5.58 Å².